The van der Waals surface area contributed by atoms with E-state index in [0.29, 0.717) is 29.7 Å². The number of methoxy groups -OCH3 is 1. The van der Waals surface area contributed by atoms with Gasteiger partial charge in [-0.15, -0.1) is 0 Å². The van der Waals surface area contributed by atoms with Gasteiger partial charge >= 0.3 is 0 Å². The summed E-state index contributed by atoms with van der Waals surface area (Å²) >= 11 is 0. The van der Waals surface area contributed by atoms with Crippen molar-refractivity contribution in [3.05, 3.63) is 71.6 Å². The normalized spacial score (nSPS) is 10.7. The molecule has 0 saturated carbocycles. The van der Waals surface area contributed by atoms with Crippen LogP contribution in [0.3, 0.4) is 0 Å². The number of nitrogens with zero attached hydrogens (tertiary/aromatic N) is 2. The zero-order valence-electron chi connectivity index (χ0n) is 18.1. The highest BCUT2D eigenvalue weighted by Gasteiger charge is 2.05. The summed E-state index contributed by atoms with van der Waals surface area (Å²) in [6.45, 7) is 6.31. The first-order valence-electron chi connectivity index (χ1n) is 9.96. The number of anilines is 3. The molecule has 3 rings (SSSR count). The first kappa shape index (κ1) is 21.8. The summed E-state index contributed by atoms with van der Waals surface area (Å²) in [4.78, 5) is 21.1. The fourth-order valence-electron chi connectivity index (χ4n) is 3.00. The van der Waals surface area contributed by atoms with Gasteiger partial charge in [0.15, 0.2) is 11.5 Å². The lowest BCUT2D eigenvalue weighted by atomic mass is 10.2. The van der Waals surface area contributed by atoms with Gasteiger partial charge in [-0.2, -0.15) is 0 Å². The molecular formula is C24H26N4O3. The van der Waals surface area contributed by atoms with Crippen molar-refractivity contribution in [3.63, 3.8) is 0 Å². The van der Waals surface area contributed by atoms with Crippen LogP contribution in [0.4, 0.5) is 17.3 Å². The zero-order chi connectivity index (χ0) is 22.2. The molecule has 31 heavy (non-hydrogen) atoms. The third-order valence-electron chi connectivity index (χ3n) is 4.28. The second kappa shape index (κ2) is 10.2. The Kier molecular flexibility index (Phi) is 7.22. The van der Waals surface area contributed by atoms with Crippen LogP contribution >= 0.6 is 0 Å². The first-order valence-corrected chi connectivity index (χ1v) is 9.96. The predicted molar refractivity (Wildman–Crippen MR) is 123 cm³/mol. The molecule has 0 aliphatic heterocycles. The van der Waals surface area contributed by atoms with Gasteiger partial charge in [0.2, 0.25) is 11.9 Å². The maximum atomic E-state index is 12.4. The molecule has 0 unspecified atom stereocenters. The van der Waals surface area contributed by atoms with E-state index in [1.807, 2.05) is 69.3 Å². The maximum Gasteiger partial charge on any atom is 0.248 e. The second-order valence-corrected chi connectivity index (χ2v) is 6.85. The molecule has 1 amide bonds. The van der Waals surface area contributed by atoms with Crippen LogP contribution in [0, 0.1) is 13.8 Å². The van der Waals surface area contributed by atoms with Crippen molar-refractivity contribution in [2.75, 3.05) is 24.4 Å². The first-order chi connectivity index (χ1) is 15.0. The molecule has 7 heteroatoms. The molecule has 0 radical (unpaired) electrons. The van der Waals surface area contributed by atoms with Crippen molar-refractivity contribution >= 4 is 29.3 Å². The fourth-order valence-corrected chi connectivity index (χ4v) is 3.00. The number of aryl methyl sites for hydroxylation is 2. The lowest BCUT2D eigenvalue weighted by molar-refractivity contribution is -0.111. The van der Waals surface area contributed by atoms with E-state index < -0.39 is 0 Å². The third-order valence-corrected chi connectivity index (χ3v) is 4.28. The number of carbonyl (C=O) groups excluding carboxylic acids is 1. The van der Waals surface area contributed by atoms with Gasteiger partial charge in [0, 0.05) is 28.8 Å². The van der Waals surface area contributed by atoms with E-state index in [1.165, 1.54) is 6.08 Å². The van der Waals surface area contributed by atoms with E-state index >= 15 is 0 Å². The Labute approximate surface area is 182 Å². The predicted octanol–water partition coefficient (Wildman–Crippen LogP) is 4.90. The smallest absolute Gasteiger partial charge is 0.248 e. The Morgan fingerprint density at radius 2 is 1.74 bits per heavy atom. The highest BCUT2D eigenvalue weighted by atomic mass is 16.5. The minimum atomic E-state index is -0.243. The Balaban J connectivity index is 1.66. The van der Waals surface area contributed by atoms with Crippen LogP contribution in [-0.4, -0.2) is 29.6 Å². The molecule has 160 valence electrons. The summed E-state index contributed by atoms with van der Waals surface area (Å²) in [7, 11) is 1.59. The van der Waals surface area contributed by atoms with E-state index in [2.05, 4.69) is 20.6 Å². The molecule has 0 atom stereocenters. The third kappa shape index (κ3) is 6.30. The monoisotopic (exact) mass is 418 g/mol. The largest absolute Gasteiger partial charge is 0.493 e. The molecule has 0 fully saturated rings. The van der Waals surface area contributed by atoms with Gasteiger partial charge in [-0.05, 0) is 68.8 Å². The van der Waals surface area contributed by atoms with Crippen LogP contribution in [0.1, 0.15) is 23.9 Å². The standard InChI is InChI=1S/C24H26N4O3/c1-5-31-21-11-9-18(14-22(21)30-4)10-12-23(29)27-19-7-6-8-20(15-19)28-24-25-16(2)13-17(3)26-24/h6-15H,5H2,1-4H3,(H,27,29)(H,25,26,28)/b12-10+. The van der Waals surface area contributed by atoms with Crippen LogP contribution in [0.15, 0.2) is 54.6 Å². The van der Waals surface area contributed by atoms with E-state index in [9.17, 15) is 4.79 Å². The molecule has 3 aromatic rings. The van der Waals surface area contributed by atoms with Gasteiger partial charge in [-0.3, -0.25) is 4.79 Å². The minimum absolute atomic E-state index is 0.243. The van der Waals surface area contributed by atoms with Gasteiger partial charge in [0.1, 0.15) is 0 Å². The Bertz CT molecular complexity index is 1080. The van der Waals surface area contributed by atoms with Crippen LogP contribution in [-0.2, 0) is 4.79 Å². The van der Waals surface area contributed by atoms with Crippen molar-refractivity contribution in [2.24, 2.45) is 0 Å². The zero-order valence-corrected chi connectivity index (χ0v) is 18.1. The highest BCUT2D eigenvalue weighted by molar-refractivity contribution is 6.02. The molecule has 1 aromatic heterocycles. The SMILES string of the molecule is CCOc1ccc(/C=C/C(=O)Nc2cccc(Nc3nc(C)cc(C)n3)c2)cc1OC. The van der Waals surface area contributed by atoms with Crippen LogP contribution < -0.4 is 20.1 Å². The lowest BCUT2D eigenvalue weighted by Gasteiger charge is -2.10. The topological polar surface area (TPSA) is 85.4 Å². The average Bonchev–Trinajstić information content (AvgIpc) is 2.72. The summed E-state index contributed by atoms with van der Waals surface area (Å²) < 4.78 is 10.9. The lowest BCUT2D eigenvalue weighted by Crippen LogP contribution is -2.08. The quantitative estimate of drug-likeness (QED) is 0.506. The van der Waals surface area contributed by atoms with Crippen LogP contribution in [0.25, 0.3) is 6.08 Å². The van der Waals surface area contributed by atoms with Crippen molar-refractivity contribution in [2.45, 2.75) is 20.8 Å². The number of amides is 1. The maximum absolute atomic E-state index is 12.4. The van der Waals surface area contributed by atoms with Gasteiger partial charge in [-0.25, -0.2) is 9.97 Å². The summed E-state index contributed by atoms with van der Waals surface area (Å²) in [5.74, 6) is 1.57. The molecule has 0 bridgehead atoms. The van der Waals surface area contributed by atoms with Crippen molar-refractivity contribution in [3.8, 4) is 11.5 Å². The van der Waals surface area contributed by atoms with E-state index in [1.54, 1.807) is 13.2 Å². The number of hydrogen-bond acceptors (Lipinski definition) is 6. The van der Waals surface area contributed by atoms with Crippen molar-refractivity contribution < 1.29 is 14.3 Å². The summed E-state index contributed by atoms with van der Waals surface area (Å²) in [6, 6.07) is 14.8. The van der Waals surface area contributed by atoms with Gasteiger partial charge in [0.25, 0.3) is 0 Å². The molecule has 0 aliphatic rings. The van der Waals surface area contributed by atoms with Crippen molar-refractivity contribution in [1.82, 2.24) is 9.97 Å². The summed E-state index contributed by atoms with van der Waals surface area (Å²) in [5.41, 5.74) is 4.04. The van der Waals surface area contributed by atoms with Crippen LogP contribution in [0.2, 0.25) is 0 Å². The number of aromatic nitrogens is 2. The molecular weight excluding hydrogens is 392 g/mol. The molecule has 2 aromatic carbocycles. The fraction of sp³-hybridized carbons (Fsp3) is 0.208. The minimum Gasteiger partial charge on any atom is -0.493 e. The van der Waals surface area contributed by atoms with Gasteiger partial charge in [0.05, 0.1) is 13.7 Å². The van der Waals surface area contributed by atoms with E-state index in [4.69, 9.17) is 9.47 Å². The average molecular weight is 418 g/mol. The van der Waals surface area contributed by atoms with E-state index in [-0.39, 0.29) is 5.91 Å². The molecule has 1 heterocycles. The molecule has 2 N–H and O–H groups in total. The number of nitrogens with one attached hydrogen (secondary N) is 2. The van der Waals surface area contributed by atoms with Crippen LogP contribution in [0.5, 0.6) is 11.5 Å². The Morgan fingerprint density at radius 1 is 1.00 bits per heavy atom. The highest BCUT2D eigenvalue weighted by Crippen LogP contribution is 2.28. The second-order valence-electron chi connectivity index (χ2n) is 6.85. The molecule has 0 aliphatic carbocycles. The van der Waals surface area contributed by atoms with E-state index in [0.717, 1.165) is 22.6 Å². The Hall–Kier alpha value is -3.87. The number of ether oxygens (including phenoxy) is 2. The number of carbonyl (C=O) groups is 1. The summed E-state index contributed by atoms with van der Waals surface area (Å²) in [6.07, 6.45) is 3.20. The van der Waals surface area contributed by atoms with Gasteiger partial charge in [-0.1, -0.05) is 12.1 Å². The molecule has 7 nitrogen and oxygen atoms in total. The number of rotatable bonds is 8. The Morgan fingerprint density at radius 3 is 2.45 bits per heavy atom. The van der Waals surface area contributed by atoms with Crippen molar-refractivity contribution in [1.29, 1.82) is 0 Å². The van der Waals surface area contributed by atoms with Gasteiger partial charge < -0.3 is 20.1 Å². The molecule has 0 spiro atoms. The number of hydrogen-bond donors (Lipinski definition) is 2. The summed E-state index contributed by atoms with van der Waals surface area (Å²) in [5, 5.41) is 6.03. The molecule has 0 saturated heterocycles. The number of benzene rings is 2.